The van der Waals surface area contributed by atoms with Crippen molar-refractivity contribution in [3.63, 3.8) is 0 Å². The van der Waals surface area contributed by atoms with E-state index < -0.39 is 0 Å². The molecule has 0 spiro atoms. The highest BCUT2D eigenvalue weighted by molar-refractivity contribution is 5.72. The van der Waals surface area contributed by atoms with Crippen LogP contribution in [0.2, 0.25) is 0 Å². The van der Waals surface area contributed by atoms with Crippen molar-refractivity contribution < 1.29 is 4.79 Å². The zero-order valence-corrected chi connectivity index (χ0v) is 5.22. The number of hydrogen-bond donors (Lipinski definition) is 1. The molecule has 0 radical (unpaired) electrons. The maximum absolute atomic E-state index is 9.92. The van der Waals surface area contributed by atoms with Gasteiger partial charge in [-0.1, -0.05) is 6.08 Å². The number of carbonyl (C=O) groups is 1. The van der Waals surface area contributed by atoms with Crippen LogP contribution in [0.3, 0.4) is 0 Å². The van der Waals surface area contributed by atoms with Crippen LogP contribution in [-0.4, -0.2) is 12.3 Å². The molecule has 1 unspecified atom stereocenters. The molecule has 2 N–H and O–H groups in total. The van der Waals surface area contributed by atoms with Crippen molar-refractivity contribution in [2.75, 3.05) is 0 Å². The second kappa shape index (κ2) is 3.38. The van der Waals surface area contributed by atoms with E-state index in [1.807, 2.05) is 6.92 Å². The lowest BCUT2D eigenvalue weighted by Crippen LogP contribution is -2.11. The van der Waals surface area contributed by atoms with Gasteiger partial charge in [-0.05, 0) is 19.4 Å². The molecule has 0 saturated carbocycles. The van der Waals surface area contributed by atoms with Crippen LogP contribution in [0, 0.1) is 0 Å². The molecule has 0 rings (SSSR count). The average molecular weight is 113 g/mol. The quantitative estimate of drug-likeness (QED) is 0.418. The van der Waals surface area contributed by atoms with E-state index in [9.17, 15) is 4.79 Å². The Hall–Kier alpha value is -0.630. The molecule has 2 heteroatoms. The molecule has 0 aliphatic rings. The predicted molar refractivity (Wildman–Crippen MR) is 33.5 cm³/mol. The number of hydrogen-bond acceptors (Lipinski definition) is 2. The fourth-order valence-corrected chi connectivity index (χ4v) is 0.454. The molecule has 0 aromatic rings. The summed E-state index contributed by atoms with van der Waals surface area (Å²) in [6, 6.07) is -0.0137. The molecule has 0 saturated heterocycles. The Kier molecular flexibility index (Phi) is 3.12. The van der Waals surface area contributed by atoms with Crippen LogP contribution in [0.1, 0.15) is 13.8 Å². The van der Waals surface area contributed by atoms with E-state index in [4.69, 9.17) is 5.73 Å². The number of nitrogens with two attached hydrogens (primary N) is 1. The van der Waals surface area contributed by atoms with Gasteiger partial charge in [0.15, 0.2) is 0 Å². The monoisotopic (exact) mass is 113 g/mol. The second-order valence-electron chi connectivity index (χ2n) is 1.89. The Morgan fingerprint density at radius 1 is 1.75 bits per heavy atom. The molecule has 0 bridgehead atoms. The highest BCUT2D eigenvalue weighted by Crippen LogP contribution is 1.87. The maximum Gasteiger partial charge on any atom is 0.145 e. The lowest BCUT2D eigenvalue weighted by molar-refractivity contribution is -0.104. The average Bonchev–Trinajstić information content (AvgIpc) is 1.65. The molecular weight excluding hydrogens is 102 g/mol. The van der Waals surface area contributed by atoms with Gasteiger partial charge in [0.1, 0.15) is 6.29 Å². The van der Waals surface area contributed by atoms with Crippen molar-refractivity contribution in [3.05, 3.63) is 11.6 Å². The molecule has 46 valence electrons. The molecular formula is C6H11NO. The largest absolute Gasteiger partial charge is 0.325 e. The summed E-state index contributed by atoms with van der Waals surface area (Å²) in [6.07, 6.45) is 2.51. The summed E-state index contributed by atoms with van der Waals surface area (Å²) < 4.78 is 0. The van der Waals surface area contributed by atoms with Crippen LogP contribution in [0.5, 0.6) is 0 Å². The second-order valence-corrected chi connectivity index (χ2v) is 1.89. The Labute approximate surface area is 49.4 Å². The predicted octanol–water partition coefficient (Wildman–Crippen LogP) is 0.479. The first kappa shape index (κ1) is 7.37. The van der Waals surface area contributed by atoms with Crippen molar-refractivity contribution in [1.82, 2.24) is 0 Å². The van der Waals surface area contributed by atoms with Crippen molar-refractivity contribution in [3.8, 4) is 0 Å². The fourth-order valence-electron chi connectivity index (χ4n) is 0.454. The maximum atomic E-state index is 9.92. The van der Waals surface area contributed by atoms with Gasteiger partial charge in [-0.25, -0.2) is 0 Å². The Morgan fingerprint density at radius 3 is 2.38 bits per heavy atom. The van der Waals surface area contributed by atoms with Gasteiger partial charge in [0.25, 0.3) is 0 Å². The summed E-state index contributed by atoms with van der Waals surface area (Å²) in [4.78, 5) is 9.92. The van der Waals surface area contributed by atoms with Crippen LogP contribution in [0.4, 0.5) is 0 Å². The van der Waals surface area contributed by atoms with Crippen LogP contribution < -0.4 is 5.73 Å². The summed E-state index contributed by atoms with van der Waals surface area (Å²) in [5.74, 6) is 0. The first-order chi connectivity index (χ1) is 3.66. The zero-order valence-electron chi connectivity index (χ0n) is 5.22. The first-order valence-corrected chi connectivity index (χ1v) is 2.56. The van der Waals surface area contributed by atoms with Crippen LogP contribution in [-0.2, 0) is 4.79 Å². The van der Waals surface area contributed by atoms with Crippen LogP contribution in [0.25, 0.3) is 0 Å². The lowest BCUT2D eigenvalue weighted by atomic mass is 10.2. The zero-order chi connectivity index (χ0) is 6.57. The molecule has 1 atom stereocenters. The van der Waals surface area contributed by atoms with Gasteiger partial charge < -0.3 is 5.73 Å². The Balaban J connectivity index is 3.74. The highest BCUT2D eigenvalue weighted by atomic mass is 16.1. The minimum atomic E-state index is -0.0137. The van der Waals surface area contributed by atoms with E-state index in [0.717, 1.165) is 6.29 Å². The number of aldehydes is 1. The van der Waals surface area contributed by atoms with Gasteiger partial charge in [0, 0.05) is 6.04 Å². The Bertz CT molecular complexity index is 105. The molecule has 0 aromatic carbocycles. The lowest BCUT2D eigenvalue weighted by Gasteiger charge is -1.93. The standard InChI is InChI=1S/C6H11NO/c1-5(4-8)3-6(2)7/h3-4,6H,7H2,1-2H3/b5-3+. The van der Waals surface area contributed by atoms with E-state index in [1.54, 1.807) is 13.0 Å². The van der Waals surface area contributed by atoms with E-state index in [1.165, 1.54) is 0 Å². The van der Waals surface area contributed by atoms with Gasteiger partial charge in [-0.15, -0.1) is 0 Å². The molecule has 2 nitrogen and oxygen atoms in total. The van der Waals surface area contributed by atoms with Gasteiger partial charge >= 0.3 is 0 Å². The summed E-state index contributed by atoms with van der Waals surface area (Å²) in [5, 5.41) is 0. The molecule has 0 heterocycles. The molecule has 0 aromatic heterocycles. The summed E-state index contributed by atoms with van der Waals surface area (Å²) in [5.41, 5.74) is 6.03. The summed E-state index contributed by atoms with van der Waals surface area (Å²) in [7, 11) is 0. The minimum Gasteiger partial charge on any atom is -0.325 e. The van der Waals surface area contributed by atoms with Crippen molar-refractivity contribution in [1.29, 1.82) is 0 Å². The van der Waals surface area contributed by atoms with E-state index in [2.05, 4.69) is 0 Å². The molecule has 0 fully saturated rings. The van der Waals surface area contributed by atoms with Crippen LogP contribution in [0.15, 0.2) is 11.6 Å². The number of allylic oxidation sites excluding steroid dienone is 1. The molecule has 0 aliphatic carbocycles. The third kappa shape index (κ3) is 3.56. The van der Waals surface area contributed by atoms with Crippen LogP contribution >= 0.6 is 0 Å². The third-order valence-electron chi connectivity index (χ3n) is 0.712. The highest BCUT2D eigenvalue weighted by Gasteiger charge is 1.86. The first-order valence-electron chi connectivity index (χ1n) is 2.56. The Morgan fingerprint density at radius 2 is 2.25 bits per heavy atom. The number of carbonyl (C=O) groups excluding carboxylic acids is 1. The SMILES string of the molecule is C/C(C=O)=C\C(C)N. The normalized spacial score (nSPS) is 15.6. The van der Waals surface area contributed by atoms with Crippen molar-refractivity contribution in [2.45, 2.75) is 19.9 Å². The number of rotatable bonds is 2. The third-order valence-corrected chi connectivity index (χ3v) is 0.712. The molecule has 0 amide bonds. The summed E-state index contributed by atoms with van der Waals surface area (Å²) >= 11 is 0. The summed E-state index contributed by atoms with van der Waals surface area (Å²) in [6.45, 7) is 3.56. The smallest absolute Gasteiger partial charge is 0.145 e. The van der Waals surface area contributed by atoms with Gasteiger partial charge in [-0.3, -0.25) is 4.79 Å². The minimum absolute atomic E-state index is 0.0137. The van der Waals surface area contributed by atoms with E-state index >= 15 is 0 Å². The van der Waals surface area contributed by atoms with E-state index in [-0.39, 0.29) is 6.04 Å². The van der Waals surface area contributed by atoms with Crippen molar-refractivity contribution in [2.24, 2.45) is 5.73 Å². The van der Waals surface area contributed by atoms with Gasteiger partial charge in [0.2, 0.25) is 0 Å². The van der Waals surface area contributed by atoms with Gasteiger partial charge in [-0.2, -0.15) is 0 Å². The topological polar surface area (TPSA) is 43.1 Å². The molecule has 0 aliphatic heterocycles. The van der Waals surface area contributed by atoms with Crippen molar-refractivity contribution >= 4 is 6.29 Å². The molecule has 8 heavy (non-hydrogen) atoms. The van der Waals surface area contributed by atoms with Gasteiger partial charge in [0.05, 0.1) is 0 Å². The van der Waals surface area contributed by atoms with E-state index in [0.29, 0.717) is 5.57 Å². The fraction of sp³-hybridized carbons (Fsp3) is 0.500.